The van der Waals surface area contributed by atoms with E-state index in [2.05, 4.69) is 10.1 Å². The molecule has 0 amide bonds. The summed E-state index contributed by atoms with van der Waals surface area (Å²) in [4.78, 5) is 15.8. The van der Waals surface area contributed by atoms with Crippen molar-refractivity contribution in [1.29, 1.82) is 5.41 Å². The maximum absolute atomic E-state index is 12.7. The normalized spacial score (nSPS) is 12.6. The SMILES string of the molecule is N=CCC(=Nc1cccc(Cl)c1Cl)c1nn(-c2ccc(S(=O)(=O)C(F)(F)F)cc2)ccc1=O. The van der Waals surface area contributed by atoms with Crippen LogP contribution in [0.15, 0.2) is 69.4 Å². The van der Waals surface area contributed by atoms with Crippen molar-refractivity contribution in [1.82, 2.24) is 9.78 Å². The topological polar surface area (TPSA) is 105 Å². The molecule has 0 aliphatic rings. The van der Waals surface area contributed by atoms with Crippen LogP contribution in [0.2, 0.25) is 10.0 Å². The van der Waals surface area contributed by atoms with E-state index in [4.69, 9.17) is 28.6 Å². The van der Waals surface area contributed by atoms with Gasteiger partial charge in [-0.25, -0.2) is 18.1 Å². The number of aromatic nitrogens is 2. The number of nitrogens with one attached hydrogen (secondary N) is 1. The fourth-order valence-corrected chi connectivity index (χ4v) is 3.78. The molecule has 1 aromatic heterocycles. The summed E-state index contributed by atoms with van der Waals surface area (Å²) < 4.78 is 62.5. The summed E-state index contributed by atoms with van der Waals surface area (Å²) in [6.07, 6.45) is 2.19. The zero-order valence-electron chi connectivity index (χ0n) is 16.3. The van der Waals surface area contributed by atoms with Crippen molar-refractivity contribution in [3.05, 3.63) is 80.7 Å². The van der Waals surface area contributed by atoms with Crippen molar-refractivity contribution in [3.8, 4) is 5.69 Å². The molecule has 0 aliphatic heterocycles. The van der Waals surface area contributed by atoms with Gasteiger partial charge >= 0.3 is 5.51 Å². The molecule has 0 saturated carbocycles. The molecule has 3 aromatic rings. The Kier molecular flexibility index (Phi) is 7.06. The number of alkyl halides is 3. The van der Waals surface area contributed by atoms with Crippen molar-refractivity contribution in [2.75, 3.05) is 0 Å². The van der Waals surface area contributed by atoms with Crippen molar-refractivity contribution in [2.24, 2.45) is 4.99 Å². The van der Waals surface area contributed by atoms with Gasteiger partial charge in [-0.1, -0.05) is 29.3 Å². The van der Waals surface area contributed by atoms with Crippen LogP contribution in [-0.2, 0) is 9.84 Å². The molecule has 0 fully saturated rings. The summed E-state index contributed by atoms with van der Waals surface area (Å²) in [6, 6.07) is 9.66. The molecule has 0 atom stereocenters. The molecule has 2 aromatic carbocycles. The quantitative estimate of drug-likeness (QED) is 0.465. The highest BCUT2D eigenvalue weighted by atomic mass is 35.5. The highest BCUT2D eigenvalue weighted by molar-refractivity contribution is 7.92. The van der Waals surface area contributed by atoms with Crippen molar-refractivity contribution >= 4 is 50.7 Å². The molecule has 1 N–H and O–H groups in total. The minimum absolute atomic E-state index is 0.0716. The van der Waals surface area contributed by atoms with Crippen LogP contribution in [0.25, 0.3) is 5.69 Å². The van der Waals surface area contributed by atoms with Gasteiger partial charge in [-0.2, -0.15) is 18.3 Å². The second-order valence-corrected chi connectivity index (χ2v) is 9.18. The zero-order chi connectivity index (χ0) is 24.4. The Balaban J connectivity index is 2.07. The second kappa shape index (κ2) is 9.46. The Hall–Kier alpha value is -3.02. The third-order valence-corrected chi connectivity index (χ3v) is 6.59. The molecule has 0 unspecified atom stereocenters. The van der Waals surface area contributed by atoms with Gasteiger partial charge in [0.2, 0.25) is 5.43 Å². The van der Waals surface area contributed by atoms with E-state index in [0.717, 1.165) is 36.5 Å². The molecule has 7 nitrogen and oxygen atoms in total. The predicted molar refractivity (Wildman–Crippen MR) is 119 cm³/mol. The molecule has 0 aliphatic carbocycles. The van der Waals surface area contributed by atoms with Gasteiger partial charge in [-0.05, 0) is 36.4 Å². The van der Waals surface area contributed by atoms with E-state index in [1.807, 2.05) is 0 Å². The first-order valence-corrected chi connectivity index (χ1v) is 11.2. The number of hydrogen-bond acceptors (Lipinski definition) is 6. The first kappa shape index (κ1) is 24.6. The van der Waals surface area contributed by atoms with Gasteiger partial charge in [0.15, 0.2) is 5.69 Å². The largest absolute Gasteiger partial charge is 0.501 e. The molecule has 1 heterocycles. The summed E-state index contributed by atoms with van der Waals surface area (Å²) in [6.45, 7) is 0. The molecule has 13 heteroatoms. The molecule has 0 saturated heterocycles. The number of aliphatic imine (C=N–C) groups is 1. The van der Waals surface area contributed by atoms with E-state index >= 15 is 0 Å². The van der Waals surface area contributed by atoms with E-state index in [1.165, 1.54) is 10.9 Å². The molecular weight excluding hydrogens is 504 g/mol. The van der Waals surface area contributed by atoms with Crippen LogP contribution in [0.5, 0.6) is 0 Å². The Morgan fingerprint density at radius 1 is 1.12 bits per heavy atom. The minimum atomic E-state index is -5.50. The third-order valence-electron chi connectivity index (χ3n) is 4.28. The number of hydrogen-bond donors (Lipinski definition) is 1. The Labute approximate surface area is 195 Å². The molecule has 3 rings (SSSR count). The Morgan fingerprint density at radius 3 is 2.39 bits per heavy atom. The van der Waals surface area contributed by atoms with E-state index < -0.39 is 25.7 Å². The molecular formula is C20H13Cl2F3N4O3S. The highest BCUT2D eigenvalue weighted by Gasteiger charge is 2.46. The second-order valence-electron chi connectivity index (χ2n) is 6.46. The molecule has 0 radical (unpaired) electrons. The lowest BCUT2D eigenvalue weighted by Crippen LogP contribution is -2.23. The summed E-state index contributed by atoms with van der Waals surface area (Å²) in [5.41, 5.74) is -5.56. The molecule has 0 spiro atoms. The molecule has 172 valence electrons. The Bertz CT molecular complexity index is 1400. The molecule has 0 bridgehead atoms. The first-order chi connectivity index (χ1) is 15.5. The maximum Gasteiger partial charge on any atom is 0.501 e. The predicted octanol–water partition coefficient (Wildman–Crippen LogP) is 4.99. The number of benzene rings is 2. The average molecular weight is 517 g/mol. The van der Waals surface area contributed by atoms with Gasteiger partial charge < -0.3 is 5.41 Å². The van der Waals surface area contributed by atoms with Gasteiger partial charge in [0.05, 0.1) is 32.0 Å². The third kappa shape index (κ3) is 5.15. The van der Waals surface area contributed by atoms with Crippen LogP contribution in [0.1, 0.15) is 12.1 Å². The summed E-state index contributed by atoms with van der Waals surface area (Å²) >= 11 is 12.1. The van der Waals surface area contributed by atoms with E-state index in [1.54, 1.807) is 18.2 Å². The number of halogens is 5. The summed E-state index contributed by atoms with van der Waals surface area (Å²) in [5, 5.41) is 12.0. The summed E-state index contributed by atoms with van der Waals surface area (Å²) in [7, 11) is -5.50. The number of nitrogens with zero attached hydrogens (tertiary/aromatic N) is 3. The molecule has 33 heavy (non-hydrogen) atoms. The Morgan fingerprint density at radius 2 is 1.79 bits per heavy atom. The fourth-order valence-electron chi connectivity index (χ4n) is 2.68. The van der Waals surface area contributed by atoms with E-state index in [0.29, 0.717) is 0 Å². The standard InChI is InChI=1S/C20H13Cl2F3N4O3S/c21-14-2-1-3-15(18(14)22)27-16(8-10-26)19-17(30)9-11-29(28-19)12-4-6-13(7-5-12)33(31,32)20(23,24)25/h1-7,9-11,26H,8H2. The van der Waals surface area contributed by atoms with Crippen LogP contribution in [-0.4, -0.2) is 35.6 Å². The van der Waals surface area contributed by atoms with Crippen LogP contribution >= 0.6 is 23.2 Å². The van der Waals surface area contributed by atoms with Gasteiger partial charge in [0.25, 0.3) is 9.84 Å². The fraction of sp³-hybridized carbons (Fsp3) is 0.100. The zero-order valence-corrected chi connectivity index (χ0v) is 18.7. The number of sulfone groups is 1. The lowest BCUT2D eigenvalue weighted by molar-refractivity contribution is -0.0436. The average Bonchev–Trinajstić information content (AvgIpc) is 2.76. The van der Waals surface area contributed by atoms with Crippen LogP contribution in [0.3, 0.4) is 0 Å². The monoisotopic (exact) mass is 516 g/mol. The van der Waals surface area contributed by atoms with Gasteiger partial charge in [0.1, 0.15) is 0 Å². The van der Waals surface area contributed by atoms with Crippen LogP contribution in [0.4, 0.5) is 18.9 Å². The maximum atomic E-state index is 12.7. The van der Waals surface area contributed by atoms with E-state index in [-0.39, 0.29) is 39.2 Å². The van der Waals surface area contributed by atoms with Crippen molar-refractivity contribution in [2.45, 2.75) is 16.8 Å². The van der Waals surface area contributed by atoms with Gasteiger partial charge in [0, 0.05) is 24.9 Å². The van der Waals surface area contributed by atoms with Gasteiger partial charge in [-0.3, -0.25) is 4.79 Å². The van der Waals surface area contributed by atoms with Crippen LogP contribution in [0, 0.1) is 5.41 Å². The highest BCUT2D eigenvalue weighted by Crippen LogP contribution is 2.32. The lowest BCUT2D eigenvalue weighted by atomic mass is 10.2. The minimum Gasteiger partial charge on any atom is -0.313 e. The van der Waals surface area contributed by atoms with Crippen LogP contribution < -0.4 is 5.43 Å². The van der Waals surface area contributed by atoms with Gasteiger partial charge in [-0.15, -0.1) is 0 Å². The van der Waals surface area contributed by atoms with Crippen molar-refractivity contribution < 1.29 is 21.6 Å². The van der Waals surface area contributed by atoms with Crippen molar-refractivity contribution in [3.63, 3.8) is 0 Å². The summed E-state index contributed by atoms with van der Waals surface area (Å²) in [5.74, 6) is 0. The first-order valence-electron chi connectivity index (χ1n) is 8.98. The number of rotatable bonds is 6. The van der Waals surface area contributed by atoms with E-state index in [9.17, 15) is 26.4 Å². The smallest absolute Gasteiger partial charge is 0.313 e. The lowest BCUT2D eigenvalue weighted by Gasteiger charge is -2.11.